The van der Waals surface area contributed by atoms with Crippen molar-refractivity contribution in [2.75, 3.05) is 0 Å². The molecule has 3 heteroatoms. The lowest BCUT2D eigenvalue weighted by atomic mass is 10.1. The minimum absolute atomic E-state index is 0.765. The highest BCUT2D eigenvalue weighted by Gasteiger charge is 2.11. The Kier molecular flexibility index (Phi) is 2.12. The van der Waals surface area contributed by atoms with Crippen LogP contribution in [0.15, 0.2) is 53.7 Å². The number of aromatic nitrogens is 1. The predicted molar refractivity (Wildman–Crippen MR) is 77.4 cm³/mol. The zero-order valence-electron chi connectivity index (χ0n) is 10.1. The lowest BCUT2D eigenvalue weighted by Gasteiger charge is -2.08. The van der Waals surface area contributed by atoms with Crippen LogP contribution >= 0.6 is 0 Å². The number of hydrogen-bond donors (Lipinski definition) is 0. The van der Waals surface area contributed by atoms with Crippen LogP contribution in [0.2, 0.25) is 0 Å². The van der Waals surface area contributed by atoms with Crippen molar-refractivity contribution in [1.82, 2.24) is 4.98 Å². The van der Waals surface area contributed by atoms with E-state index in [4.69, 9.17) is 4.84 Å². The number of hydrogen-bond acceptors (Lipinski definition) is 3. The highest BCUT2D eigenvalue weighted by atomic mass is 16.6. The van der Waals surface area contributed by atoms with Gasteiger partial charge in [0.15, 0.2) is 5.75 Å². The van der Waals surface area contributed by atoms with Crippen molar-refractivity contribution in [2.45, 2.75) is 0 Å². The molecule has 2 aromatic carbocycles. The molecule has 19 heavy (non-hydrogen) atoms. The molecular weight excluding hydrogens is 236 g/mol. The number of pyridine rings is 1. The molecule has 0 spiro atoms. The van der Waals surface area contributed by atoms with Crippen molar-refractivity contribution >= 4 is 34.1 Å². The summed E-state index contributed by atoms with van der Waals surface area (Å²) in [6, 6.07) is 14.2. The van der Waals surface area contributed by atoms with E-state index in [1.54, 1.807) is 6.21 Å². The summed E-state index contributed by atoms with van der Waals surface area (Å²) in [6.07, 6.45) is 5.49. The molecule has 0 radical (unpaired) electrons. The molecule has 0 saturated carbocycles. The molecule has 0 bridgehead atoms. The summed E-state index contributed by atoms with van der Waals surface area (Å²) < 4.78 is 0. The second-order valence-corrected chi connectivity index (χ2v) is 4.44. The van der Waals surface area contributed by atoms with Crippen molar-refractivity contribution in [3.63, 3.8) is 0 Å². The molecule has 0 unspecified atom stereocenters. The highest BCUT2D eigenvalue weighted by Crippen LogP contribution is 2.33. The van der Waals surface area contributed by atoms with E-state index in [0.29, 0.717) is 0 Å². The van der Waals surface area contributed by atoms with E-state index in [2.05, 4.69) is 22.3 Å². The average molecular weight is 246 g/mol. The number of fused-ring (bicyclic) bond motifs is 4. The smallest absolute Gasteiger partial charge is 0.174 e. The lowest BCUT2D eigenvalue weighted by molar-refractivity contribution is 0.348. The van der Waals surface area contributed by atoms with Crippen LogP contribution in [0.4, 0.5) is 0 Å². The van der Waals surface area contributed by atoms with E-state index < -0.39 is 0 Å². The summed E-state index contributed by atoms with van der Waals surface area (Å²) in [6.45, 7) is 0. The molecule has 1 aliphatic heterocycles. The van der Waals surface area contributed by atoms with Crippen LogP contribution in [-0.4, -0.2) is 11.2 Å². The Balaban J connectivity index is 2.13. The van der Waals surface area contributed by atoms with E-state index >= 15 is 0 Å². The molecule has 0 atom stereocenters. The Morgan fingerprint density at radius 3 is 2.89 bits per heavy atom. The summed E-state index contributed by atoms with van der Waals surface area (Å²) in [4.78, 5) is 10.1. The van der Waals surface area contributed by atoms with Gasteiger partial charge >= 0.3 is 0 Å². The number of para-hydroxylation sites is 1. The Morgan fingerprint density at radius 2 is 1.89 bits per heavy atom. The molecule has 0 N–H and O–H groups in total. The third kappa shape index (κ3) is 1.59. The van der Waals surface area contributed by atoms with Crippen LogP contribution in [0.25, 0.3) is 27.9 Å². The Bertz CT molecular complexity index is 850. The fourth-order valence-electron chi connectivity index (χ4n) is 2.34. The van der Waals surface area contributed by atoms with Gasteiger partial charge in [-0.3, -0.25) is 0 Å². The van der Waals surface area contributed by atoms with E-state index in [-0.39, 0.29) is 0 Å². The van der Waals surface area contributed by atoms with Crippen molar-refractivity contribution in [3.8, 4) is 5.75 Å². The van der Waals surface area contributed by atoms with Crippen LogP contribution < -0.4 is 4.84 Å². The molecule has 0 aliphatic carbocycles. The third-order valence-corrected chi connectivity index (χ3v) is 3.25. The number of nitrogens with zero attached hydrogens (tertiary/aromatic N) is 2. The molecule has 1 aromatic heterocycles. The normalized spacial score (nSPS) is 13.3. The van der Waals surface area contributed by atoms with Gasteiger partial charge in [-0.2, -0.15) is 0 Å². The molecule has 0 saturated heterocycles. The topological polar surface area (TPSA) is 34.5 Å². The van der Waals surface area contributed by atoms with Gasteiger partial charge in [0.25, 0.3) is 0 Å². The van der Waals surface area contributed by atoms with Gasteiger partial charge in [0.2, 0.25) is 0 Å². The van der Waals surface area contributed by atoms with Gasteiger partial charge in [-0.15, -0.1) is 0 Å². The van der Waals surface area contributed by atoms with Gasteiger partial charge in [-0.1, -0.05) is 23.4 Å². The first-order valence-corrected chi connectivity index (χ1v) is 6.11. The summed E-state index contributed by atoms with van der Waals surface area (Å²) >= 11 is 0. The van der Waals surface area contributed by atoms with E-state index in [9.17, 15) is 0 Å². The van der Waals surface area contributed by atoms with Gasteiger partial charge in [0.1, 0.15) is 0 Å². The van der Waals surface area contributed by atoms with Crippen molar-refractivity contribution < 1.29 is 4.84 Å². The molecule has 3 aromatic rings. The van der Waals surface area contributed by atoms with Crippen molar-refractivity contribution in [2.24, 2.45) is 5.16 Å². The first-order valence-electron chi connectivity index (χ1n) is 6.11. The van der Waals surface area contributed by atoms with Gasteiger partial charge in [0, 0.05) is 16.3 Å². The van der Waals surface area contributed by atoms with Gasteiger partial charge in [-0.05, 0) is 36.4 Å². The first-order chi connectivity index (χ1) is 9.42. The number of allylic oxidation sites excluding steroid dienone is 1. The van der Waals surface area contributed by atoms with E-state index in [0.717, 1.165) is 33.1 Å². The zero-order chi connectivity index (χ0) is 12.7. The highest BCUT2D eigenvalue weighted by molar-refractivity contribution is 5.98. The first kappa shape index (κ1) is 10.3. The molecule has 3 nitrogen and oxygen atoms in total. The largest absolute Gasteiger partial charge is 0.356 e. The molecule has 90 valence electrons. The Labute approximate surface area is 109 Å². The van der Waals surface area contributed by atoms with Gasteiger partial charge < -0.3 is 4.84 Å². The monoisotopic (exact) mass is 246 g/mol. The van der Waals surface area contributed by atoms with Crippen LogP contribution in [0.3, 0.4) is 0 Å². The molecule has 2 heterocycles. The number of oxime groups is 1. The maximum Gasteiger partial charge on any atom is 0.174 e. The lowest BCUT2D eigenvalue weighted by Crippen LogP contribution is -1.90. The summed E-state index contributed by atoms with van der Waals surface area (Å²) in [5.74, 6) is 0.765. The second kappa shape index (κ2) is 3.92. The molecular formula is C16H10N2O. The quantitative estimate of drug-likeness (QED) is 0.566. The Morgan fingerprint density at radius 1 is 0.947 bits per heavy atom. The second-order valence-electron chi connectivity index (χ2n) is 4.44. The summed E-state index contributed by atoms with van der Waals surface area (Å²) in [5.41, 5.74) is 2.92. The standard InChI is InChI=1S/C16H10N2O/c1-2-6-14-12(4-1)10-13-15(18-14)8-7-11-5-3-9-17-19-16(11)13/h1-10H. The van der Waals surface area contributed by atoms with Crippen LogP contribution in [0.5, 0.6) is 5.75 Å². The molecule has 0 fully saturated rings. The Hall–Kier alpha value is -2.68. The molecule has 4 rings (SSSR count). The molecule has 1 aliphatic rings. The van der Waals surface area contributed by atoms with E-state index in [1.165, 1.54) is 0 Å². The SMILES string of the molecule is C1=Cc2ccc3nc4ccccc4cc3c2ON=C1. The fraction of sp³-hybridized carbons (Fsp3) is 0. The maximum atomic E-state index is 5.48. The number of rotatable bonds is 0. The van der Waals surface area contributed by atoms with Crippen LogP contribution in [-0.2, 0) is 0 Å². The summed E-state index contributed by atoms with van der Waals surface area (Å²) in [7, 11) is 0. The van der Waals surface area contributed by atoms with Crippen LogP contribution in [0.1, 0.15) is 5.56 Å². The van der Waals surface area contributed by atoms with E-state index in [1.807, 2.05) is 42.5 Å². The third-order valence-electron chi connectivity index (χ3n) is 3.25. The van der Waals surface area contributed by atoms with Crippen molar-refractivity contribution in [1.29, 1.82) is 0 Å². The minimum Gasteiger partial charge on any atom is -0.356 e. The zero-order valence-corrected chi connectivity index (χ0v) is 10.1. The van der Waals surface area contributed by atoms with Crippen LogP contribution in [0, 0.1) is 0 Å². The summed E-state index contributed by atoms with van der Waals surface area (Å²) in [5, 5.41) is 5.99. The average Bonchev–Trinajstić information content (AvgIpc) is 2.70. The van der Waals surface area contributed by atoms with Gasteiger partial charge in [-0.25, -0.2) is 4.98 Å². The van der Waals surface area contributed by atoms with Gasteiger partial charge in [0.05, 0.1) is 17.2 Å². The fourth-order valence-corrected chi connectivity index (χ4v) is 2.34. The maximum absolute atomic E-state index is 5.48. The minimum atomic E-state index is 0.765. The van der Waals surface area contributed by atoms with Crippen molar-refractivity contribution in [3.05, 3.63) is 54.1 Å². The predicted octanol–water partition coefficient (Wildman–Crippen LogP) is 3.78. The molecule has 0 amide bonds. The number of benzene rings is 2.